The zero-order chi connectivity index (χ0) is 17.1. The molecule has 0 radical (unpaired) electrons. The lowest BCUT2D eigenvalue weighted by atomic mass is 10.1. The van der Waals surface area contributed by atoms with E-state index in [1.165, 1.54) is 12.1 Å². The fourth-order valence-electron chi connectivity index (χ4n) is 2.81. The maximum Gasteiger partial charge on any atom is 0.227 e. The Hall–Kier alpha value is -2.70. The summed E-state index contributed by atoms with van der Waals surface area (Å²) in [4.78, 5) is 24.6. The Balaban J connectivity index is 1.58. The van der Waals surface area contributed by atoms with Crippen LogP contribution in [0.5, 0.6) is 0 Å². The standard InChI is InChI=1S/C17H20FN5O/c1-12-10-15(21-17(19)20-12)22-6-8-23(9-7-22)16(24)11-13-2-4-14(18)5-3-13/h2-5,10H,6-9,11H2,1H3,(H2,19,20,21). The van der Waals surface area contributed by atoms with Gasteiger partial charge in [-0.3, -0.25) is 4.79 Å². The van der Waals surface area contributed by atoms with E-state index in [0.29, 0.717) is 32.6 Å². The normalized spacial score (nSPS) is 14.8. The van der Waals surface area contributed by atoms with E-state index >= 15 is 0 Å². The summed E-state index contributed by atoms with van der Waals surface area (Å²) in [6.45, 7) is 4.53. The van der Waals surface area contributed by atoms with Gasteiger partial charge in [-0.1, -0.05) is 12.1 Å². The number of nitrogen functional groups attached to an aromatic ring is 1. The highest BCUT2D eigenvalue weighted by atomic mass is 19.1. The number of hydrogen-bond acceptors (Lipinski definition) is 5. The molecule has 1 amide bonds. The summed E-state index contributed by atoms with van der Waals surface area (Å²) in [6, 6.07) is 7.95. The van der Waals surface area contributed by atoms with Gasteiger partial charge in [0, 0.05) is 37.9 Å². The molecule has 0 saturated carbocycles. The Morgan fingerprint density at radius 2 is 1.83 bits per heavy atom. The van der Waals surface area contributed by atoms with Crippen molar-refractivity contribution in [1.29, 1.82) is 0 Å². The minimum atomic E-state index is -0.292. The van der Waals surface area contributed by atoms with Crippen molar-refractivity contribution in [3.8, 4) is 0 Å². The number of carbonyl (C=O) groups is 1. The summed E-state index contributed by atoms with van der Waals surface area (Å²) >= 11 is 0. The first-order valence-corrected chi connectivity index (χ1v) is 7.89. The second kappa shape index (κ2) is 6.82. The molecule has 1 aromatic heterocycles. The van der Waals surface area contributed by atoms with Gasteiger partial charge in [0.05, 0.1) is 6.42 Å². The average Bonchev–Trinajstić information content (AvgIpc) is 2.56. The molecule has 1 aliphatic heterocycles. The molecule has 7 heteroatoms. The molecule has 0 unspecified atom stereocenters. The van der Waals surface area contributed by atoms with Crippen molar-refractivity contribution < 1.29 is 9.18 Å². The Morgan fingerprint density at radius 1 is 1.17 bits per heavy atom. The van der Waals surface area contributed by atoms with Crippen molar-refractivity contribution in [3.63, 3.8) is 0 Å². The van der Waals surface area contributed by atoms with Crippen LogP contribution >= 0.6 is 0 Å². The maximum atomic E-state index is 12.9. The van der Waals surface area contributed by atoms with Crippen LogP contribution in [0.2, 0.25) is 0 Å². The number of rotatable bonds is 3. The third-order valence-corrected chi connectivity index (χ3v) is 4.08. The molecule has 1 aliphatic rings. The summed E-state index contributed by atoms with van der Waals surface area (Å²) in [6.07, 6.45) is 0.292. The molecule has 0 bridgehead atoms. The average molecular weight is 329 g/mol. The fourth-order valence-corrected chi connectivity index (χ4v) is 2.81. The fraction of sp³-hybridized carbons (Fsp3) is 0.353. The van der Waals surface area contributed by atoms with Gasteiger partial charge in [-0.05, 0) is 24.6 Å². The number of aromatic nitrogens is 2. The van der Waals surface area contributed by atoms with Gasteiger partial charge >= 0.3 is 0 Å². The summed E-state index contributed by atoms with van der Waals surface area (Å²) in [5.41, 5.74) is 7.35. The maximum absolute atomic E-state index is 12.9. The SMILES string of the molecule is Cc1cc(N2CCN(C(=O)Cc3ccc(F)cc3)CC2)nc(N)n1. The molecule has 0 spiro atoms. The van der Waals surface area contributed by atoms with Crippen LogP contribution in [0.15, 0.2) is 30.3 Å². The topological polar surface area (TPSA) is 75.3 Å². The number of amides is 1. The van der Waals surface area contributed by atoms with Crippen LogP contribution in [0.3, 0.4) is 0 Å². The zero-order valence-electron chi connectivity index (χ0n) is 13.6. The summed E-state index contributed by atoms with van der Waals surface area (Å²) < 4.78 is 12.9. The van der Waals surface area contributed by atoms with Gasteiger partial charge in [0.25, 0.3) is 0 Å². The zero-order valence-corrected chi connectivity index (χ0v) is 13.6. The number of halogens is 1. The van der Waals surface area contributed by atoms with Crippen molar-refractivity contribution in [2.75, 3.05) is 36.8 Å². The number of piperazine rings is 1. The molecule has 2 N–H and O–H groups in total. The van der Waals surface area contributed by atoms with Crippen LogP contribution in [0.1, 0.15) is 11.3 Å². The van der Waals surface area contributed by atoms with Crippen LogP contribution in [-0.4, -0.2) is 47.0 Å². The first-order valence-electron chi connectivity index (χ1n) is 7.89. The van der Waals surface area contributed by atoms with Gasteiger partial charge in [-0.15, -0.1) is 0 Å². The number of nitrogens with two attached hydrogens (primary N) is 1. The molecule has 2 heterocycles. The quantitative estimate of drug-likeness (QED) is 0.921. The highest BCUT2D eigenvalue weighted by Gasteiger charge is 2.22. The van der Waals surface area contributed by atoms with Gasteiger partial charge in [-0.2, -0.15) is 4.98 Å². The lowest BCUT2D eigenvalue weighted by Crippen LogP contribution is -2.49. The van der Waals surface area contributed by atoms with Crippen molar-refractivity contribution in [3.05, 3.63) is 47.4 Å². The van der Waals surface area contributed by atoms with Crippen LogP contribution < -0.4 is 10.6 Å². The van der Waals surface area contributed by atoms with Gasteiger partial charge in [0.1, 0.15) is 11.6 Å². The second-order valence-corrected chi connectivity index (χ2v) is 5.90. The first-order chi connectivity index (χ1) is 11.5. The van der Waals surface area contributed by atoms with E-state index in [-0.39, 0.29) is 17.7 Å². The van der Waals surface area contributed by atoms with E-state index in [4.69, 9.17) is 5.73 Å². The molecule has 1 saturated heterocycles. The number of hydrogen-bond donors (Lipinski definition) is 1. The van der Waals surface area contributed by atoms with Gasteiger partial charge in [0.15, 0.2) is 0 Å². The van der Waals surface area contributed by atoms with Gasteiger partial charge < -0.3 is 15.5 Å². The summed E-state index contributed by atoms with van der Waals surface area (Å²) in [5, 5.41) is 0. The molecule has 0 atom stereocenters. The molecule has 1 fully saturated rings. The number of benzene rings is 1. The number of nitrogens with zero attached hydrogens (tertiary/aromatic N) is 4. The highest BCUT2D eigenvalue weighted by molar-refractivity contribution is 5.79. The Kier molecular flexibility index (Phi) is 4.59. The highest BCUT2D eigenvalue weighted by Crippen LogP contribution is 2.16. The predicted octanol–water partition coefficient (Wildman–Crippen LogP) is 1.40. The number of carbonyl (C=O) groups excluding carboxylic acids is 1. The van der Waals surface area contributed by atoms with E-state index < -0.39 is 0 Å². The molecule has 0 aliphatic carbocycles. The molecule has 3 rings (SSSR count). The number of anilines is 2. The molecule has 6 nitrogen and oxygen atoms in total. The lowest BCUT2D eigenvalue weighted by Gasteiger charge is -2.35. The van der Waals surface area contributed by atoms with E-state index in [1.54, 1.807) is 12.1 Å². The van der Waals surface area contributed by atoms with Crippen molar-refractivity contribution in [2.24, 2.45) is 0 Å². The minimum Gasteiger partial charge on any atom is -0.368 e. The number of aryl methyl sites for hydroxylation is 1. The second-order valence-electron chi connectivity index (χ2n) is 5.90. The van der Waals surface area contributed by atoms with E-state index in [2.05, 4.69) is 14.9 Å². The van der Waals surface area contributed by atoms with E-state index in [9.17, 15) is 9.18 Å². The molecular weight excluding hydrogens is 309 g/mol. The largest absolute Gasteiger partial charge is 0.368 e. The van der Waals surface area contributed by atoms with Gasteiger partial charge in [0.2, 0.25) is 11.9 Å². The molecule has 126 valence electrons. The monoisotopic (exact) mass is 329 g/mol. The van der Waals surface area contributed by atoms with Crippen LogP contribution in [-0.2, 0) is 11.2 Å². The van der Waals surface area contributed by atoms with E-state index in [0.717, 1.165) is 17.1 Å². The predicted molar refractivity (Wildman–Crippen MR) is 90.1 cm³/mol. The summed E-state index contributed by atoms with van der Waals surface area (Å²) in [5.74, 6) is 0.823. The van der Waals surface area contributed by atoms with Crippen molar-refractivity contribution in [1.82, 2.24) is 14.9 Å². The van der Waals surface area contributed by atoms with Crippen LogP contribution in [0, 0.1) is 12.7 Å². The van der Waals surface area contributed by atoms with Crippen molar-refractivity contribution >= 4 is 17.7 Å². The Morgan fingerprint density at radius 3 is 2.46 bits per heavy atom. The van der Waals surface area contributed by atoms with Crippen LogP contribution in [0.25, 0.3) is 0 Å². The molecule has 2 aromatic rings. The first kappa shape index (κ1) is 16.2. The summed E-state index contributed by atoms with van der Waals surface area (Å²) in [7, 11) is 0. The van der Waals surface area contributed by atoms with Gasteiger partial charge in [-0.25, -0.2) is 9.37 Å². The smallest absolute Gasteiger partial charge is 0.227 e. The lowest BCUT2D eigenvalue weighted by molar-refractivity contribution is -0.130. The Bertz CT molecular complexity index is 706. The molecular formula is C17H20FN5O. The van der Waals surface area contributed by atoms with Crippen molar-refractivity contribution in [2.45, 2.75) is 13.3 Å². The minimum absolute atomic E-state index is 0.0552. The Labute approximate surface area is 140 Å². The third-order valence-electron chi connectivity index (χ3n) is 4.08. The molecule has 24 heavy (non-hydrogen) atoms. The van der Waals surface area contributed by atoms with Crippen LogP contribution in [0.4, 0.5) is 16.2 Å². The molecule has 1 aromatic carbocycles. The third kappa shape index (κ3) is 3.79. The van der Waals surface area contributed by atoms with E-state index in [1.807, 2.05) is 17.9 Å².